The van der Waals surface area contributed by atoms with Crippen LogP contribution in [0.3, 0.4) is 0 Å². The van der Waals surface area contributed by atoms with Crippen molar-refractivity contribution in [2.75, 3.05) is 19.8 Å². The van der Waals surface area contributed by atoms with Gasteiger partial charge in [-0.1, -0.05) is 13.3 Å². The normalized spacial score (nSPS) is 21.5. The fourth-order valence-corrected chi connectivity index (χ4v) is 3.74. The summed E-state index contributed by atoms with van der Waals surface area (Å²) >= 11 is 1.95. The molecule has 0 spiro atoms. The van der Waals surface area contributed by atoms with E-state index >= 15 is 0 Å². The summed E-state index contributed by atoms with van der Waals surface area (Å²) in [6, 6.07) is 0.494. The number of amides is 1. The van der Waals surface area contributed by atoms with Crippen molar-refractivity contribution in [3.05, 3.63) is 0 Å². The van der Waals surface area contributed by atoms with Crippen LogP contribution in [0.1, 0.15) is 59.8 Å². The number of carbonyl (C=O) groups excluding carboxylic acids is 1. The zero-order chi connectivity index (χ0) is 18.9. The molecule has 0 radical (unpaired) electrons. The zero-order valence-electron chi connectivity index (χ0n) is 17.1. The van der Waals surface area contributed by atoms with E-state index in [1.54, 1.807) is 7.05 Å². The molecule has 0 saturated heterocycles. The largest absolute Gasteiger partial charge is 0.444 e. The molecule has 6 nitrogen and oxygen atoms in total. The maximum atomic E-state index is 12.0. The molecule has 0 aromatic rings. The number of rotatable bonds is 7. The molecule has 1 amide bonds. The Labute approximate surface area is 180 Å². The van der Waals surface area contributed by atoms with Gasteiger partial charge in [-0.2, -0.15) is 11.8 Å². The lowest BCUT2D eigenvalue weighted by atomic mass is 10.1. The number of nitrogens with zero attached hydrogens (tertiary/aromatic N) is 1. The molecule has 26 heavy (non-hydrogen) atoms. The minimum atomic E-state index is -0.484. The highest BCUT2D eigenvalue weighted by Crippen LogP contribution is 2.27. The lowest BCUT2D eigenvalue weighted by Crippen LogP contribution is -2.49. The van der Waals surface area contributed by atoms with Gasteiger partial charge in [-0.3, -0.25) is 4.99 Å². The van der Waals surface area contributed by atoms with Crippen LogP contribution in [-0.4, -0.2) is 54.8 Å². The molecular weight excluding hydrogens is 463 g/mol. The molecule has 0 bridgehead atoms. The molecule has 154 valence electrons. The fraction of sp³-hybridized carbons (Fsp3) is 0.889. The molecule has 0 aromatic carbocycles. The molecule has 1 saturated carbocycles. The second-order valence-corrected chi connectivity index (χ2v) is 8.74. The molecular formula is C18H37IN4O2S. The van der Waals surface area contributed by atoms with E-state index in [1.165, 1.54) is 19.3 Å². The van der Waals surface area contributed by atoms with E-state index in [0.29, 0.717) is 12.6 Å². The molecule has 3 unspecified atom stereocenters. The number of ether oxygens (including phenoxy) is 1. The quantitative estimate of drug-likeness (QED) is 0.282. The number of thioether (sulfide) groups is 1. The smallest absolute Gasteiger partial charge is 0.407 e. The van der Waals surface area contributed by atoms with Gasteiger partial charge in [0.15, 0.2) is 5.96 Å². The Balaban J connectivity index is 0.00000625. The van der Waals surface area contributed by atoms with E-state index in [4.69, 9.17) is 4.74 Å². The first-order valence-corrected chi connectivity index (χ1v) is 10.6. The number of hydrogen-bond acceptors (Lipinski definition) is 4. The molecule has 3 atom stereocenters. The molecule has 0 heterocycles. The van der Waals surface area contributed by atoms with E-state index in [1.807, 2.05) is 32.5 Å². The van der Waals surface area contributed by atoms with Crippen LogP contribution in [0.4, 0.5) is 4.79 Å². The topological polar surface area (TPSA) is 74.8 Å². The maximum absolute atomic E-state index is 12.0. The third-order valence-electron chi connectivity index (χ3n) is 4.16. The highest BCUT2D eigenvalue weighted by atomic mass is 127. The second-order valence-electron chi connectivity index (χ2n) is 7.60. The lowest BCUT2D eigenvalue weighted by molar-refractivity contribution is 0.0502. The van der Waals surface area contributed by atoms with E-state index in [2.05, 4.69) is 34.1 Å². The Kier molecular flexibility index (Phi) is 12.7. The Morgan fingerprint density at radius 1 is 1.35 bits per heavy atom. The molecule has 1 aliphatic rings. The molecule has 0 aliphatic heterocycles. The van der Waals surface area contributed by atoms with Gasteiger partial charge in [0, 0.05) is 30.9 Å². The molecule has 0 aromatic heterocycles. The average Bonchev–Trinajstić information content (AvgIpc) is 2.97. The summed E-state index contributed by atoms with van der Waals surface area (Å²) in [5.74, 6) is 0.804. The van der Waals surface area contributed by atoms with E-state index < -0.39 is 5.60 Å². The van der Waals surface area contributed by atoms with Gasteiger partial charge in [-0.25, -0.2) is 4.79 Å². The van der Waals surface area contributed by atoms with Crippen LogP contribution in [0.25, 0.3) is 0 Å². The van der Waals surface area contributed by atoms with Crippen molar-refractivity contribution in [1.82, 2.24) is 16.0 Å². The van der Waals surface area contributed by atoms with Crippen LogP contribution in [0.5, 0.6) is 0 Å². The van der Waals surface area contributed by atoms with Crippen molar-refractivity contribution in [2.24, 2.45) is 4.99 Å². The third kappa shape index (κ3) is 10.7. The number of alkyl carbamates (subject to hydrolysis) is 1. The van der Waals surface area contributed by atoms with Gasteiger partial charge in [0.25, 0.3) is 0 Å². The summed E-state index contributed by atoms with van der Waals surface area (Å²) < 4.78 is 5.35. The highest BCUT2D eigenvalue weighted by molar-refractivity contribution is 14.0. The van der Waals surface area contributed by atoms with E-state index in [-0.39, 0.29) is 36.1 Å². The SMILES string of the molecule is CCCC(CNC(=NC)NC1CCC(SC)C1)NC(=O)OC(C)(C)C.I. The van der Waals surface area contributed by atoms with Crippen molar-refractivity contribution in [3.8, 4) is 0 Å². The van der Waals surface area contributed by atoms with Gasteiger partial charge in [0.05, 0.1) is 0 Å². The first kappa shape index (κ1) is 25.6. The van der Waals surface area contributed by atoms with Gasteiger partial charge in [-0.15, -0.1) is 24.0 Å². The summed E-state index contributed by atoms with van der Waals surface area (Å²) in [7, 11) is 1.78. The lowest BCUT2D eigenvalue weighted by Gasteiger charge is -2.25. The molecule has 3 N–H and O–H groups in total. The molecule has 8 heteroatoms. The summed E-state index contributed by atoms with van der Waals surface area (Å²) in [6.45, 7) is 8.35. The van der Waals surface area contributed by atoms with Gasteiger partial charge in [0.1, 0.15) is 5.60 Å². The summed E-state index contributed by atoms with van der Waals surface area (Å²) in [5, 5.41) is 10.5. The van der Waals surface area contributed by atoms with Crippen molar-refractivity contribution in [2.45, 2.75) is 82.7 Å². The molecule has 1 rings (SSSR count). The van der Waals surface area contributed by atoms with Gasteiger partial charge in [0.2, 0.25) is 0 Å². The first-order valence-electron chi connectivity index (χ1n) is 9.26. The minimum Gasteiger partial charge on any atom is -0.444 e. The maximum Gasteiger partial charge on any atom is 0.407 e. The standard InChI is InChI=1S/C18H36N4O2S.HI/c1-7-8-14(22-17(23)24-18(2,3)4)12-20-16(19-5)21-13-9-10-15(11-13)25-6;/h13-15H,7-12H2,1-6H3,(H,22,23)(H2,19,20,21);1H. The van der Waals surface area contributed by atoms with Crippen molar-refractivity contribution in [1.29, 1.82) is 0 Å². The third-order valence-corrected chi connectivity index (χ3v) is 5.25. The minimum absolute atomic E-state index is 0. The summed E-state index contributed by atoms with van der Waals surface area (Å²) in [6.07, 6.45) is 7.31. The van der Waals surface area contributed by atoms with Crippen LogP contribution in [0.15, 0.2) is 4.99 Å². The number of halogens is 1. The predicted octanol–water partition coefficient (Wildman–Crippen LogP) is 3.75. The predicted molar refractivity (Wildman–Crippen MR) is 123 cm³/mol. The van der Waals surface area contributed by atoms with Gasteiger partial charge >= 0.3 is 6.09 Å². The van der Waals surface area contributed by atoms with Crippen LogP contribution < -0.4 is 16.0 Å². The molecule has 1 fully saturated rings. The van der Waals surface area contributed by atoms with Gasteiger partial charge < -0.3 is 20.7 Å². The summed E-state index contributed by atoms with van der Waals surface area (Å²) in [4.78, 5) is 16.3. The fourth-order valence-electron chi connectivity index (χ4n) is 2.94. The number of guanidine groups is 1. The number of aliphatic imine (C=N–C) groups is 1. The summed E-state index contributed by atoms with van der Waals surface area (Å²) in [5.41, 5.74) is -0.484. The van der Waals surface area contributed by atoms with Crippen molar-refractivity contribution < 1.29 is 9.53 Å². The zero-order valence-corrected chi connectivity index (χ0v) is 20.2. The van der Waals surface area contributed by atoms with Crippen LogP contribution in [-0.2, 0) is 4.74 Å². The number of nitrogens with one attached hydrogen (secondary N) is 3. The second kappa shape index (κ2) is 12.9. The Morgan fingerprint density at radius 2 is 2.04 bits per heavy atom. The van der Waals surface area contributed by atoms with Crippen molar-refractivity contribution in [3.63, 3.8) is 0 Å². The first-order chi connectivity index (χ1) is 11.8. The van der Waals surface area contributed by atoms with Crippen molar-refractivity contribution >= 4 is 47.8 Å². The average molecular weight is 500 g/mol. The van der Waals surface area contributed by atoms with Crippen LogP contribution in [0.2, 0.25) is 0 Å². The Bertz CT molecular complexity index is 443. The number of hydrogen-bond donors (Lipinski definition) is 3. The monoisotopic (exact) mass is 500 g/mol. The highest BCUT2D eigenvalue weighted by Gasteiger charge is 2.25. The van der Waals surface area contributed by atoms with Crippen LogP contribution in [0, 0.1) is 0 Å². The number of carbonyl (C=O) groups is 1. The Hall–Kier alpha value is -0.380. The molecule has 1 aliphatic carbocycles. The van der Waals surface area contributed by atoms with E-state index in [9.17, 15) is 4.79 Å². The van der Waals surface area contributed by atoms with E-state index in [0.717, 1.165) is 24.1 Å². The van der Waals surface area contributed by atoms with Gasteiger partial charge in [-0.05, 0) is 52.7 Å². The Morgan fingerprint density at radius 3 is 2.54 bits per heavy atom. The van der Waals surface area contributed by atoms with Crippen LogP contribution >= 0.6 is 35.7 Å².